The third-order valence-electron chi connectivity index (χ3n) is 11.5. The molecule has 2 spiro atoms. The highest BCUT2D eigenvalue weighted by atomic mass is 16.5. The first-order valence-corrected chi connectivity index (χ1v) is 14.5. The normalized spacial score (nSPS) is 44.8. The number of aliphatic hydroxyl groups excluding tert-OH is 1. The lowest BCUT2D eigenvalue weighted by atomic mass is 9.58. The molecule has 4 fully saturated rings. The monoisotopic (exact) mass is 497 g/mol. The summed E-state index contributed by atoms with van der Waals surface area (Å²) >= 11 is 0. The summed E-state index contributed by atoms with van der Waals surface area (Å²) in [5.74, 6) is 1.06. The van der Waals surface area contributed by atoms with E-state index in [0.717, 1.165) is 51.6 Å². The fourth-order valence-corrected chi connectivity index (χ4v) is 9.71. The summed E-state index contributed by atoms with van der Waals surface area (Å²) < 4.78 is 7.46. The van der Waals surface area contributed by atoms with Crippen molar-refractivity contribution in [3.63, 3.8) is 0 Å². The number of benzene rings is 1. The smallest absolute Gasteiger partial charge is 0.0974 e. The second-order valence-electron chi connectivity index (χ2n) is 13.3. The standard InChI is InChI=1S/C32H39N3O2/c1-30-9-6-23-15-24-16-28(36)27(35-13-8-25(33)19-35)17-31(24)10-11-32(23,37-31)29(30)5-4-26(30)21-3-2-20-7-12-34-18-22(20)14-21/h2-3,6-7,12,14-15,18,25-29,36H,4-5,8-11,13,16-17,19,33H2,1H3/t25-,26?,27+,28+,29-,30-,31-,32?/m1/s1. The van der Waals surface area contributed by atoms with Crippen molar-refractivity contribution in [1.29, 1.82) is 0 Å². The van der Waals surface area contributed by atoms with E-state index >= 15 is 0 Å². The predicted molar refractivity (Wildman–Crippen MR) is 145 cm³/mol. The summed E-state index contributed by atoms with van der Waals surface area (Å²) in [7, 11) is 0. The highest BCUT2D eigenvalue weighted by Crippen LogP contribution is 2.69. The van der Waals surface area contributed by atoms with E-state index in [9.17, 15) is 5.11 Å². The van der Waals surface area contributed by atoms with Crippen LogP contribution in [0.15, 0.2) is 60.0 Å². The summed E-state index contributed by atoms with van der Waals surface area (Å²) in [6.45, 7) is 4.44. The van der Waals surface area contributed by atoms with Crippen LogP contribution in [0, 0.1) is 11.3 Å². The molecule has 1 aromatic heterocycles. The molecule has 2 bridgehead atoms. The molecular weight excluding hydrogens is 458 g/mol. The zero-order chi connectivity index (χ0) is 25.0. The first kappa shape index (κ1) is 22.9. The van der Waals surface area contributed by atoms with Crippen molar-refractivity contribution in [3.8, 4) is 0 Å². The summed E-state index contributed by atoms with van der Waals surface area (Å²) in [6, 6.07) is 9.53. The van der Waals surface area contributed by atoms with Crippen LogP contribution in [0.25, 0.3) is 10.8 Å². The third-order valence-corrected chi connectivity index (χ3v) is 11.5. The van der Waals surface area contributed by atoms with E-state index in [4.69, 9.17) is 10.5 Å². The molecule has 1 aromatic carbocycles. The molecule has 3 N–H and O–H groups in total. The van der Waals surface area contributed by atoms with Crippen LogP contribution in [0.4, 0.5) is 0 Å². The molecule has 2 saturated heterocycles. The van der Waals surface area contributed by atoms with Crippen LogP contribution >= 0.6 is 0 Å². The van der Waals surface area contributed by atoms with Gasteiger partial charge < -0.3 is 15.6 Å². The number of aliphatic hydroxyl groups is 1. The number of hydrogen-bond donors (Lipinski definition) is 2. The molecule has 2 unspecified atom stereocenters. The molecule has 8 rings (SSSR count). The van der Waals surface area contributed by atoms with Crippen molar-refractivity contribution in [2.45, 2.75) is 93.6 Å². The summed E-state index contributed by atoms with van der Waals surface area (Å²) in [4.78, 5) is 6.83. The maximum atomic E-state index is 11.2. The molecule has 2 aromatic rings. The van der Waals surface area contributed by atoms with E-state index in [1.807, 2.05) is 12.4 Å². The van der Waals surface area contributed by atoms with Gasteiger partial charge in [-0.2, -0.15) is 0 Å². The molecule has 6 aliphatic rings. The number of nitrogens with two attached hydrogens (primary N) is 1. The van der Waals surface area contributed by atoms with Gasteiger partial charge in [-0.3, -0.25) is 9.88 Å². The largest absolute Gasteiger partial charge is 0.391 e. The summed E-state index contributed by atoms with van der Waals surface area (Å²) in [5, 5.41) is 13.7. The lowest BCUT2D eigenvalue weighted by Crippen LogP contribution is -2.58. The minimum atomic E-state index is -0.327. The molecule has 4 heterocycles. The number of aromatic nitrogens is 1. The van der Waals surface area contributed by atoms with Crippen molar-refractivity contribution in [1.82, 2.24) is 9.88 Å². The molecule has 37 heavy (non-hydrogen) atoms. The summed E-state index contributed by atoms with van der Waals surface area (Å²) in [5.41, 5.74) is 10.3. The fraction of sp³-hybridized carbons (Fsp3) is 0.594. The average molecular weight is 498 g/mol. The molecule has 2 saturated carbocycles. The van der Waals surface area contributed by atoms with Crippen molar-refractivity contribution >= 4 is 10.8 Å². The average Bonchev–Trinajstić information content (AvgIpc) is 3.58. The van der Waals surface area contributed by atoms with Crippen LogP contribution in [-0.4, -0.2) is 57.5 Å². The molecule has 8 atom stereocenters. The van der Waals surface area contributed by atoms with Gasteiger partial charge in [-0.1, -0.05) is 31.2 Å². The minimum absolute atomic E-state index is 0.156. The van der Waals surface area contributed by atoms with Gasteiger partial charge >= 0.3 is 0 Å². The van der Waals surface area contributed by atoms with Gasteiger partial charge in [0, 0.05) is 43.0 Å². The van der Waals surface area contributed by atoms with Crippen molar-refractivity contribution < 1.29 is 9.84 Å². The number of pyridine rings is 1. The Morgan fingerprint density at radius 1 is 1.14 bits per heavy atom. The van der Waals surface area contributed by atoms with Gasteiger partial charge in [0.05, 0.1) is 17.3 Å². The Balaban J connectivity index is 1.14. The van der Waals surface area contributed by atoms with E-state index in [-0.39, 0.29) is 34.8 Å². The minimum Gasteiger partial charge on any atom is -0.391 e. The quantitative estimate of drug-likeness (QED) is 0.621. The first-order chi connectivity index (χ1) is 17.9. The molecule has 5 nitrogen and oxygen atoms in total. The van der Waals surface area contributed by atoms with Gasteiger partial charge in [-0.25, -0.2) is 0 Å². The van der Waals surface area contributed by atoms with Gasteiger partial charge in [-0.05, 0) is 103 Å². The zero-order valence-corrected chi connectivity index (χ0v) is 21.9. The Morgan fingerprint density at radius 2 is 2.05 bits per heavy atom. The lowest BCUT2D eigenvalue weighted by molar-refractivity contribution is -0.150. The highest BCUT2D eigenvalue weighted by molar-refractivity contribution is 5.82. The fourth-order valence-electron chi connectivity index (χ4n) is 9.71. The number of hydrogen-bond acceptors (Lipinski definition) is 5. The van der Waals surface area contributed by atoms with Gasteiger partial charge in [0.2, 0.25) is 0 Å². The zero-order valence-electron chi connectivity index (χ0n) is 21.9. The molecule has 0 amide bonds. The molecule has 3 aliphatic carbocycles. The Kier molecular flexibility index (Phi) is 4.80. The SMILES string of the molecule is C[C@]12CC=C3C=C4C[C@H](O)[C@@H](N5CC[C@@H](N)C5)C[C@]45CCC3(O5)[C@@H]1CCC2c1ccc2ccncc2c1. The molecule has 5 heteroatoms. The number of likely N-dealkylation sites (tertiary alicyclic amines) is 1. The van der Waals surface area contributed by atoms with Crippen molar-refractivity contribution in [3.05, 3.63) is 65.5 Å². The van der Waals surface area contributed by atoms with Gasteiger partial charge in [0.15, 0.2) is 0 Å². The van der Waals surface area contributed by atoms with Gasteiger partial charge in [0.1, 0.15) is 0 Å². The van der Waals surface area contributed by atoms with Gasteiger partial charge in [0.25, 0.3) is 0 Å². The number of nitrogens with zero attached hydrogens (tertiary/aromatic N) is 2. The maximum Gasteiger partial charge on any atom is 0.0974 e. The van der Waals surface area contributed by atoms with E-state index in [0.29, 0.717) is 11.8 Å². The Hall–Kier alpha value is -2.05. The highest BCUT2D eigenvalue weighted by Gasteiger charge is 2.67. The van der Waals surface area contributed by atoms with E-state index in [1.165, 1.54) is 40.3 Å². The van der Waals surface area contributed by atoms with Crippen LogP contribution in [0.3, 0.4) is 0 Å². The van der Waals surface area contributed by atoms with Crippen molar-refractivity contribution in [2.75, 3.05) is 13.1 Å². The number of allylic oxidation sites excluding steroid dienone is 1. The molecular formula is C32H39N3O2. The van der Waals surface area contributed by atoms with E-state index < -0.39 is 0 Å². The number of ether oxygens (including phenoxy) is 1. The summed E-state index contributed by atoms with van der Waals surface area (Å²) in [6.07, 6.45) is 16.9. The molecule has 194 valence electrons. The lowest BCUT2D eigenvalue weighted by Gasteiger charge is -2.55. The van der Waals surface area contributed by atoms with E-state index in [2.05, 4.69) is 53.2 Å². The molecule has 0 radical (unpaired) electrons. The topological polar surface area (TPSA) is 71.6 Å². The predicted octanol–water partition coefficient (Wildman–Crippen LogP) is 4.85. The second kappa shape index (κ2) is 7.75. The number of rotatable bonds is 2. The third kappa shape index (κ3) is 3.09. The van der Waals surface area contributed by atoms with Crippen LogP contribution in [0.1, 0.15) is 69.8 Å². The first-order valence-electron chi connectivity index (χ1n) is 14.5. The Morgan fingerprint density at radius 3 is 2.92 bits per heavy atom. The maximum absolute atomic E-state index is 11.2. The van der Waals surface area contributed by atoms with Crippen LogP contribution < -0.4 is 5.73 Å². The van der Waals surface area contributed by atoms with Gasteiger partial charge in [-0.15, -0.1) is 0 Å². The molecule has 3 aliphatic heterocycles. The van der Waals surface area contributed by atoms with E-state index in [1.54, 1.807) is 0 Å². The second-order valence-corrected chi connectivity index (χ2v) is 13.3. The van der Waals surface area contributed by atoms with Crippen LogP contribution in [0.2, 0.25) is 0 Å². The Labute approximate surface area is 219 Å². The van der Waals surface area contributed by atoms with Crippen LogP contribution in [-0.2, 0) is 4.74 Å². The van der Waals surface area contributed by atoms with Crippen LogP contribution in [0.5, 0.6) is 0 Å². The van der Waals surface area contributed by atoms with Crippen molar-refractivity contribution in [2.24, 2.45) is 17.1 Å². The number of fused-ring (bicyclic) bond motifs is 2. The Bertz CT molecular complexity index is 1340.